The van der Waals surface area contributed by atoms with Gasteiger partial charge in [0.2, 0.25) is 16.0 Å². The van der Waals surface area contributed by atoms with E-state index in [4.69, 9.17) is 34.7 Å². The number of benzene rings is 1. The third-order valence-electron chi connectivity index (χ3n) is 4.78. The van der Waals surface area contributed by atoms with Crippen LogP contribution in [0.25, 0.3) is 11.2 Å². The molecule has 0 saturated carbocycles. The summed E-state index contributed by atoms with van der Waals surface area (Å²) >= 11 is 11.8. The Morgan fingerprint density at radius 2 is 1.79 bits per heavy atom. The normalized spacial score (nSPS) is 16.6. The van der Waals surface area contributed by atoms with E-state index in [-0.39, 0.29) is 27.6 Å². The molecule has 12 heteroatoms. The number of nitrogens with zero attached hydrogens (tertiary/aromatic N) is 4. The number of nitrogens with one attached hydrogen (secondary N) is 1. The van der Waals surface area contributed by atoms with Crippen molar-refractivity contribution in [3.63, 3.8) is 0 Å². The van der Waals surface area contributed by atoms with Gasteiger partial charge in [-0.05, 0) is 31.0 Å². The second-order valence-corrected chi connectivity index (χ2v) is 9.29. The number of aromatic nitrogens is 4. The molecule has 148 valence electrons. The Hall–Kier alpha value is -2.14. The first kappa shape index (κ1) is 19.2. The van der Waals surface area contributed by atoms with E-state index in [2.05, 4.69) is 19.9 Å². The molecule has 0 spiro atoms. The highest BCUT2D eigenvalue weighted by molar-refractivity contribution is 7.89. The zero-order valence-electron chi connectivity index (χ0n) is 14.6. The number of hydrogen-bond acceptors (Lipinski definition) is 7. The summed E-state index contributed by atoms with van der Waals surface area (Å²) in [4.78, 5) is 15.7. The highest BCUT2D eigenvalue weighted by Gasteiger charge is 2.31. The molecule has 0 unspecified atom stereocenters. The predicted octanol–water partition coefficient (Wildman–Crippen LogP) is 2.39. The zero-order chi connectivity index (χ0) is 20.1. The lowest BCUT2D eigenvalue weighted by molar-refractivity contribution is 0.314. The summed E-state index contributed by atoms with van der Waals surface area (Å²) in [7, 11) is -3.64. The Labute approximate surface area is 171 Å². The molecule has 1 saturated heterocycles. The molecule has 0 bridgehead atoms. The van der Waals surface area contributed by atoms with E-state index in [0.29, 0.717) is 47.9 Å². The van der Waals surface area contributed by atoms with Crippen molar-refractivity contribution in [3.05, 3.63) is 34.1 Å². The number of halogens is 2. The van der Waals surface area contributed by atoms with Crippen molar-refractivity contribution in [2.24, 2.45) is 0 Å². The first-order chi connectivity index (χ1) is 13.3. The van der Waals surface area contributed by atoms with Gasteiger partial charge in [-0.25, -0.2) is 13.4 Å². The SMILES string of the molecule is Nc1nc(N)c2[nH]c(C3CCN(S(=O)(=O)c4ccc(Cl)c(Cl)c4)CC3)nc2n1. The van der Waals surface area contributed by atoms with Crippen molar-refractivity contribution in [3.8, 4) is 0 Å². The highest BCUT2D eigenvalue weighted by atomic mass is 35.5. The molecule has 9 nitrogen and oxygen atoms in total. The average Bonchev–Trinajstić information content (AvgIpc) is 3.08. The Bertz CT molecular complexity index is 1160. The fourth-order valence-electron chi connectivity index (χ4n) is 3.30. The van der Waals surface area contributed by atoms with Gasteiger partial charge in [-0.3, -0.25) is 0 Å². The molecule has 1 aliphatic heterocycles. The fourth-order valence-corrected chi connectivity index (χ4v) is 5.16. The Morgan fingerprint density at radius 1 is 1.07 bits per heavy atom. The maximum absolute atomic E-state index is 12.9. The summed E-state index contributed by atoms with van der Waals surface area (Å²) in [5.41, 5.74) is 12.4. The van der Waals surface area contributed by atoms with Crippen molar-refractivity contribution in [2.45, 2.75) is 23.7 Å². The molecule has 28 heavy (non-hydrogen) atoms. The average molecular weight is 442 g/mol. The van der Waals surface area contributed by atoms with Crippen LogP contribution in [-0.4, -0.2) is 45.7 Å². The number of hydrogen-bond donors (Lipinski definition) is 3. The standard InChI is InChI=1S/C16H17Cl2N7O2S/c17-10-2-1-9(7-11(10)18)28(26,27)25-5-3-8(4-6-25)14-21-12-13(19)22-16(20)24-15(12)23-14/h1-2,7-8H,3-6H2,(H5,19,20,21,22,23,24). The second-order valence-electron chi connectivity index (χ2n) is 6.54. The van der Waals surface area contributed by atoms with Crippen LogP contribution in [0.15, 0.2) is 23.1 Å². The lowest BCUT2D eigenvalue weighted by Crippen LogP contribution is -2.38. The molecule has 1 aromatic carbocycles. The largest absolute Gasteiger partial charge is 0.382 e. The number of sulfonamides is 1. The summed E-state index contributed by atoms with van der Waals surface area (Å²) in [6.45, 7) is 0.710. The third-order valence-corrected chi connectivity index (χ3v) is 7.42. The third kappa shape index (κ3) is 3.37. The maximum atomic E-state index is 12.9. The van der Waals surface area contributed by atoms with Crippen LogP contribution in [0.3, 0.4) is 0 Å². The molecule has 3 heterocycles. The smallest absolute Gasteiger partial charge is 0.243 e. The molecular weight excluding hydrogens is 425 g/mol. The summed E-state index contributed by atoms with van der Waals surface area (Å²) in [5.74, 6) is 1.05. The number of rotatable bonds is 3. The molecule has 4 rings (SSSR count). The van der Waals surface area contributed by atoms with Crippen LogP contribution >= 0.6 is 23.2 Å². The van der Waals surface area contributed by atoms with Gasteiger partial charge in [-0.15, -0.1) is 0 Å². The summed E-state index contributed by atoms with van der Waals surface area (Å²) in [6.07, 6.45) is 1.20. The number of nitrogen functional groups attached to an aromatic ring is 2. The minimum atomic E-state index is -3.64. The number of nitrogens with two attached hydrogens (primary N) is 2. The molecule has 2 aromatic heterocycles. The predicted molar refractivity (Wildman–Crippen MR) is 108 cm³/mol. The first-order valence-corrected chi connectivity index (χ1v) is 10.7. The van der Waals surface area contributed by atoms with Crippen molar-refractivity contribution in [2.75, 3.05) is 24.6 Å². The number of piperidine rings is 1. The number of fused-ring (bicyclic) bond motifs is 1. The van der Waals surface area contributed by atoms with Crippen LogP contribution in [0.2, 0.25) is 10.0 Å². The van der Waals surface area contributed by atoms with E-state index in [1.54, 1.807) is 0 Å². The molecule has 0 aliphatic carbocycles. The lowest BCUT2D eigenvalue weighted by Gasteiger charge is -2.30. The Morgan fingerprint density at radius 3 is 2.46 bits per heavy atom. The molecule has 5 N–H and O–H groups in total. The van der Waals surface area contributed by atoms with Crippen molar-refractivity contribution in [1.82, 2.24) is 24.2 Å². The van der Waals surface area contributed by atoms with E-state index in [9.17, 15) is 8.42 Å². The van der Waals surface area contributed by atoms with E-state index >= 15 is 0 Å². The van der Waals surface area contributed by atoms with Gasteiger partial charge in [-0.2, -0.15) is 14.3 Å². The van der Waals surface area contributed by atoms with Gasteiger partial charge in [0.25, 0.3) is 0 Å². The van der Waals surface area contributed by atoms with E-state index in [1.165, 1.54) is 22.5 Å². The molecule has 0 atom stereocenters. The van der Waals surface area contributed by atoms with E-state index in [1.807, 2.05) is 0 Å². The monoisotopic (exact) mass is 441 g/mol. The molecular formula is C16H17Cl2N7O2S. The second kappa shape index (κ2) is 7.03. The highest BCUT2D eigenvalue weighted by Crippen LogP contribution is 2.32. The fraction of sp³-hybridized carbons (Fsp3) is 0.312. The van der Waals surface area contributed by atoms with E-state index < -0.39 is 10.0 Å². The van der Waals surface area contributed by atoms with Gasteiger partial charge in [0, 0.05) is 19.0 Å². The zero-order valence-corrected chi connectivity index (χ0v) is 16.9. The van der Waals surface area contributed by atoms with Crippen molar-refractivity contribution in [1.29, 1.82) is 0 Å². The van der Waals surface area contributed by atoms with Crippen LogP contribution in [-0.2, 0) is 10.0 Å². The maximum Gasteiger partial charge on any atom is 0.243 e. The summed E-state index contributed by atoms with van der Waals surface area (Å²) in [6, 6.07) is 4.31. The molecule has 0 radical (unpaired) electrons. The van der Waals surface area contributed by atoms with Gasteiger partial charge >= 0.3 is 0 Å². The van der Waals surface area contributed by atoms with Crippen LogP contribution < -0.4 is 11.5 Å². The molecule has 1 fully saturated rings. The topological polar surface area (TPSA) is 144 Å². The summed E-state index contributed by atoms with van der Waals surface area (Å²) < 4.78 is 27.2. The molecule has 0 amide bonds. The van der Waals surface area contributed by atoms with Crippen molar-refractivity contribution < 1.29 is 8.42 Å². The van der Waals surface area contributed by atoms with Gasteiger partial charge in [0.05, 0.1) is 14.9 Å². The number of imidazole rings is 1. The van der Waals surface area contributed by atoms with Gasteiger partial charge in [0.1, 0.15) is 11.3 Å². The van der Waals surface area contributed by atoms with E-state index in [0.717, 1.165) is 0 Å². The Kier molecular flexibility index (Phi) is 4.82. The van der Waals surface area contributed by atoms with Gasteiger partial charge in [0.15, 0.2) is 11.5 Å². The van der Waals surface area contributed by atoms with Crippen LogP contribution in [0.1, 0.15) is 24.6 Å². The number of anilines is 2. The molecule has 3 aromatic rings. The van der Waals surface area contributed by atoms with Crippen LogP contribution in [0.4, 0.5) is 11.8 Å². The van der Waals surface area contributed by atoms with Crippen LogP contribution in [0.5, 0.6) is 0 Å². The van der Waals surface area contributed by atoms with Gasteiger partial charge < -0.3 is 16.5 Å². The first-order valence-electron chi connectivity index (χ1n) is 8.49. The quantitative estimate of drug-likeness (QED) is 0.565. The lowest BCUT2D eigenvalue weighted by atomic mass is 9.97. The van der Waals surface area contributed by atoms with Gasteiger partial charge in [-0.1, -0.05) is 23.2 Å². The minimum Gasteiger partial charge on any atom is -0.382 e. The van der Waals surface area contributed by atoms with Crippen molar-refractivity contribution >= 4 is 56.2 Å². The number of aromatic amines is 1. The molecule has 1 aliphatic rings. The number of H-pyrrole nitrogens is 1. The Balaban J connectivity index is 1.53. The summed E-state index contributed by atoms with van der Waals surface area (Å²) in [5, 5.41) is 0.519. The minimum absolute atomic E-state index is 0.0510. The van der Waals surface area contributed by atoms with Crippen LogP contribution in [0, 0.1) is 0 Å².